The highest BCUT2D eigenvalue weighted by molar-refractivity contribution is 8.26. The Hall–Kier alpha value is -2.16. The fraction of sp³-hybridized carbons (Fsp3) is 0.0625. The molecule has 120 valence electrons. The molecule has 1 N–H and O–H groups in total. The Bertz CT molecular complexity index is 986. The first-order valence-corrected chi connectivity index (χ1v) is 9.11. The summed E-state index contributed by atoms with van der Waals surface area (Å²) >= 11 is 7.87. The summed E-state index contributed by atoms with van der Waals surface area (Å²) in [5.74, 6) is 0.617. The second-order valence-electron chi connectivity index (χ2n) is 4.98. The van der Waals surface area contributed by atoms with Gasteiger partial charge in [0.05, 0.1) is 23.4 Å². The van der Waals surface area contributed by atoms with Gasteiger partial charge in [0, 0.05) is 17.1 Å². The fourth-order valence-electron chi connectivity index (χ4n) is 2.45. The average molecular weight is 373 g/mol. The van der Waals surface area contributed by atoms with Crippen molar-refractivity contribution in [3.8, 4) is 17.0 Å². The molecule has 1 aromatic carbocycles. The molecule has 0 radical (unpaired) electrons. The van der Waals surface area contributed by atoms with E-state index in [-0.39, 0.29) is 5.91 Å². The Morgan fingerprint density at radius 1 is 1.33 bits per heavy atom. The summed E-state index contributed by atoms with van der Waals surface area (Å²) in [4.78, 5) is 18.1. The van der Waals surface area contributed by atoms with Crippen molar-refractivity contribution in [3.63, 3.8) is 0 Å². The summed E-state index contributed by atoms with van der Waals surface area (Å²) in [6.45, 7) is 0. The number of fused-ring (bicyclic) bond motifs is 1. The number of benzene rings is 1. The van der Waals surface area contributed by atoms with Gasteiger partial charge >= 0.3 is 0 Å². The molecule has 5 nitrogen and oxygen atoms in total. The summed E-state index contributed by atoms with van der Waals surface area (Å²) in [5.41, 5.74) is 2.64. The third-order valence-corrected chi connectivity index (χ3v) is 5.49. The van der Waals surface area contributed by atoms with Gasteiger partial charge in [-0.2, -0.15) is 0 Å². The highest BCUT2D eigenvalue weighted by Gasteiger charge is 2.24. The summed E-state index contributed by atoms with van der Waals surface area (Å²) in [6.07, 6.45) is 3.79. The molecule has 3 heterocycles. The van der Waals surface area contributed by atoms with Crippen molar-refractivity contribution in [1.82, 2.24) is 14.7 Å². The lowest BCUT2D eigenvalue weighted by Gasteiger charge is -2.03. The molecule has 1 amide bonds. The second-order valence-corrected chi connectivity index (χ2v) is 7.57. The van der Waals surface area contributed by atoms with Crippen LogP contribution in [0.5, 0.6) is 5.75 Å². The van der Waals surface area contributed by atoms with Crippen LogP contribution < -0.4 is 10.1 Å². The van der Waals surface area contributed by atoms with E-state index < -0.39 is 0 Å². The number of hydrogen-bond donors (Lipinski definition) is 1. The number of methoxy groups -OCH3 is 1. The van der Waals surface area contributed by atoms with Gasteiger partial charge in [0.25, 0.3) is 5.91 Å². The minimum atomic E-state index is -0.170. The molecule has 24 heavy (non-hydrogen) atoms. The van der Waals surface area contributed by atoms with E-state index in [1.807, 2.05) is 46.3 Å². The van der Waals surface area contributed by atoms with Gasteiger partial charge in [-0.3, -0.25) is 9.20 Å². The number of ether oxygens (including phenoxy) is 1. The minimum absolute atomic E-state index is 0.170. The standard InChI is InChI=1S/C16H11N3O2S3/c1-21-10-4-2-9(3-5-10)13-11(19-6-7-23-15(19)17-13)8-12-14(20)18-16(22)24-12/h2-8H,1H3,(H,18,20,22)/b12-8-. The molecule has 0 spiro atoms. The summed E-state index contributed by atoms with van der Waals surface area (Å²) in [6, 6.07) is 7.71. The van der Waals surface area contributed by atoms with E-state index in [4.69, 9.17) is 21.9 Å². The average Bonchev–Trinajstić information content (AvgIpc) is 3.24. The van der Waals surface area contributed by atoms with Crippen LogP contribution in [0.2, 0.25) is 0 Å². The SMILES string of the molecule is COc1ccc(-c2nc3sccn3c2/C=C2\SC(=S)NC2=O)cc1. The van der Waals surface area contributed by atoms with Gasteiger partial charge in [-0.05, 0) is 30.3 Å². The maximum absolute atomic E-state index is 12.0. The molecule has 1 fully saturated rings. The van der Waals surface area contributed by atoms with Gasteiger partial charge in [0.2, 0.25) is 0 Å². The maximum atomic E-state index is 12.0. The molecular weight excluding hydrogens is 362 g/mol. The van der Waals surface area contributed by atoms with Crippen molar-refractivity contribution in [3.05, 3.63) is 46.4 Å². The first-order valence-electron chi connectivity index (χ1n) is 7.00. The Labute approximate surface area is 151 Å². The fourth-order valence-corrected chi connectivity index (χ4v) is 4.19. The number of thiazole rings is 1. The highest BCUT2D eigenvalue weighted by Crippen LogP contribution is 2.32. The topological polar surface area (TPSA) is 55.6 Å². The van der Waals surface area contributed by atoms with Crippen LogP contribution in [0.1, 0.15) is 5.69 Å². The van der Waals surface area contributed by atoms with E-state index >= 15 is 0 Å². The predicted octanol–water partition coefficient (Wildman–Crippen LogP) is 3.56. The van der Waals surface area contributed by atoms with Gasteiger partial charge in [0.1, 0.15) is 10.1 Å². The number of thiocarbonyl (C=S) groups is 1. The number of nitrogens with zero attached hydrogens (tertiary/aromatic N) is 2. The first kappa shape index (κ1) is 15.4. The van der Waals surface area contributed by atoms with Crippen molar-refractivity contribution in [2.24, 2.45) is 0 Å². The number of rotatable bonds is 3. The van der Waals surface area contributed by atoms with Gasteiger partial charge in [-0.25, -0.2) is 4.98 Å². The number of aromatic nitrogens is 2. The molecule has 2 aromatic heterocycles. The van der Waals surface area contributed by atoms with E-state index in [0.717, 1.165) is 27.7 Å². The van der Waals surface area contributed by atoms with Crippen molar-refractivity contribution in [1.29, 1.82) is 0 Å². The first-order chi connectivity index (χ1) is 11.7. The number of nitrogens with one attached hydrogen (secondary N) is 1. The van der Waals surface area contributed by atoms with E-state index in [0.29, 0.717) is 9.23 Å². The molecule has 0 unspecified atom stereocenters. The lowest BCUT2D eigenvalue weighted by molar-refractivity contribution is -0.115. The van der Waals surface area contributed by atoms with Crippen molar-refractivity contribution in [2.75, 3.05) is 7.11 Å². The van der Waals surface area contributed by atoms with Crippen molar-refractivity contribution >= 4 is 56.6 Å². The van der Waals surface area contributed by atoms with Gasteiger partial charge < -0.3 is 10.1 Å². The van der Waals surface area contributed by atoms with Gasteiger partial charge in [0.15, 0.2) is 4.96 Å². The van der Waals surface area contributed by atoms with E-state index in [1.165, 1.54) is 11.8 Å². The zero-order valence-corrected chi connectivity index (χ0v) is 14.9. The Morgan fingerprint density at radius 3 is 2.79 bits per heavy atom. The largest absolute Gasteiger partial charge is 0.497 e. The van der Waals surface area contributed by atoms with Gasteiger partial charge in [-0.15, -0.1) is 11.3 Å². The van der Waals surface area contributed by atoms with E-state index in [9.17, 15) is 4.79 Å². The lowest BCUT2D eigenvalue weighted by atomic mass is 10.1. The van der Waals surface area contributed by atoms with Crippen LogP contribution in [0.4, 0.5) is 0 Å². The molecule has 1 aliphatic rings. The zero-order valence-electron chi connectivity index (χ0n) is 12.5. The number of thioether (sulfide) groups is 1. The van der Waals surface area contributed by atoms with Crippen LogP contribution in [0, 0.1) is 0 Å². The molecule has 4 rings (SSSR count). The Balaban J connectivity index is 1.87. The van der Waals surface area contributed by atoms with Crippen molar-refractivity contribution < 1.29 is 9.53 Å². The third-order valence-electron chi connectivity index (χ3n) is 3.57. The Kier molecular flexibility index (Phi) is 3.87. The highest BCUT2D eigenvalue weighted by atomic mass is 32.2. The monoisotopic (exact) mass is 373 g/mol. The van der Waals surface area contributed by atoms with E-state index in [1.54, 1.807) is 18.4 Å². The van der Waals surface area contributed by atoms with Crippen LogP contribution in [0.15, 0.2) is 40.7 Å². The van der Waals surface area contributed by atoms with Crippen LogP contribution >= 0.6 is 35.3 Å². The van der Waals surface area contributed by atoms with Crippen LogP contribution in [-0.2, 0) is 4.79 Å². The predicted molar refractivity (Wildman–Crippen MR) is 101 cm³/mol. The smallest absolute Gasteiger partial charge is 0.263 e. The third kappa shape index (κ3) is 2.62. The molecule has 0 bridgehead atoms. The molecule has 1 aliphatic heterocycles. The van der Waals surface area contributed by atoms with Crippen LogP contribution in [-0.4, -0.2) is 26.7 Å². The van der Waals surface area contributed by atoms with Crippen molar-refractivity contribution in [2.45, 2.75) is 0 Å². The van der Waals surface area contributed by atoms with Gasteiger partial charge in [-0.1, -0.05) is 24.0 Å². The summed E-state index contributed by atoms with van der Waals surface area (Å²) < 4.78 is 7.66. The number of hydrogen-bond acceptors (Lipinski definition) is 6. The Morgan fingerprint density at radius 2 is 2.12 bits per heavy atom. The molecule has 0 atom stereocenters. The van der Waals surface area contributed by atoms with Crippen LogP contribution in [0.25, 0.3) is 22.3 Å². The number of imidazole rings is 1. The molecule has 0 aliphatic carbocycles. The number of carbonyl (C=O) groups is 1. The molecule has 0 saturated carbocycles. The summed E-state index contributed by atoms with van der Waals surface area (Å²) in [7, 11) is 1.64. The maximum Gasteiger partial charge on any atom is 0.263 e. The molecule has 1 saturated heterocycles. The zero-order chi connectivity index (χ0) is 16.7. The molecule has 3 aromatic rings. The second kappa shape index (κ2) is 6.04. The van der Waals surface area contributed by atoms with Crippen LogP contribution in [0.3, 0.4) is 0 Å². The summed E-state index contributed by atoms with van der Waals surface area (Å²) in [5, 5.41) is 4.61. The normalized spacial score (nSPS) is 16.1. The molecular formula is C16H11N3O2S3. The molecule has 8 heteroatoms. The number of amides is 1. The lowest BCUT2D eigenvalue weighted by Crippen LogP contribution is -2.17. The number of carbonyl (C=O) groups excluding carboxylic acids is 1. The van der Waals surface area contributed by atoms with E-state index in [2.05, 4.69) is 5.32 Å². The quantitative estimate of drug-likeness (QED) is 0.562. The minimum Gasteiger partial charge on any atom is -0.497 e.